The van der Waals surface area contributed by atoms with E-state index in [1.165, 1.54) is 25.7 Å². The van der Waals surface area contributed by atoms with Crippen molar-refractivity contribution < 1.29 is 18.8 Å². The largest absolute Gasteiger partial charge is 0.381 e. The van der Waals surface area contributed by atoms with Crippen molar-refractivity contribution in [2.45, 2.75) is 64.2 Å². The number of ether oxygens (including phenoxy) is 1. The lowest BCUT2D eigenvalue weighted by Crippen LogP contribution is -2.49. The summed E-state index contributed by atoms with van der Waals surface area (Å²) >= 11 is 0. The maximum absolute atomic E-state index is 12.5. The molecule has 8 heteroatoms. The van der Waals surface area contributed by atoms with Crippen LogP contribution in [-0.4, -0.2) is 71.1 Å². The normalized spacial score (nSPS) is 21.2. The third-order valence-electron chi connectivity index (χ3n) is 6.89. The smallest absolute Gasteiger partial charge is 0.233 e. The molecule has 0 unspecified atom stereocenters. The number of likely N-dealkylation sites (tertiary alicyclic amines) is 2. The quantitative estimate of drug-likeness (QED) is 0.602. The first-order chi connectivity index (χ1) is 14.6. The Bertz CT molecular complexity index is 716. The van der Waals surface area contributed by atoms with Crippen molar-refractivity contribution in [3.63, 3.8) is 0 Å². The third-order valence-corrected chi connectivity index (χ3v) is 6.89. The molecule has 8 nitrogen and oxygen atoms in total. The van der Waals surface area contributed by atoms with Gasteiger partial charge in [-0.05, 0) is 37.5 Å². The number of amides is 2. The number of rotatable bonds is 8. The first kappa shape index (κ1) is 21.3. The highest BCUT2D eigenvalue weighted by Gasteiger charge is 2.36. The summed E-state index contributed by atoms with van der Waals surface area (Å²) in [6.07, 6.45) is 8.33. The first-order valence-electron chi connectivity index (χ1n) is 11.5. The van der Waals surface area contributed by atoms with E-state index in [-0.39, 0.29) is 17.7 Å². The highest BCUT2D eigenvalue weighted by atomic mass is 16.5. The molecule has 2 amide bonds. The maximum atomic E-state index is 12.5. The summed E-state index contributed by atoms with van der Waals surface area (Å²) in [5.74, 6) is 2.92. The zero-order valence-corrected chi connectivity index (χ0v) is 18.1. The zero-order chi connectivity index (χ0) is 20.9. The molecule has 1 aromatic heterocycles. The van der Waals surface area contributed by atoms with E-state index in [2.05, 4.69) is 10.1 Å². The van der Waals surface area contributed by atoms with E-state index in [0.29, 0.717) is 50.2 Å². The minimum absolute atomic E-state index is 0.129. The Morgan fingerprint density at radius 3 is 2.50 bits per heavy atom. The molecule has 0 N–H and O–H groups in total. The van der Waals surface area contributed by atoms with Crippen molar-refractivity contribution in [1.29, 1.82) is 0 Å². The van der Waals surface area contributed by atoms with Crippen molar-refractivity contribution in [2.24, 2.45) is 11.8 Å². The first-order valence-corrected chi connectivity index (χ1v) is 11.5. The molecule has 2 saturated heterocycles. The number of piperidine rings is 1. The second kappa shape index (κ2) is 9.90. The van der Waals surface area contributed by atoms with Crippen molar-refractivity contribution in [1.82, 2.24) is 19.9 Å². The van der Waals surface area contributed by atoms with Gasteiger partial charge in [-0.15, -0.1) is 0 Å². The van der Waals surface area contributed by atoms with Crippen LogP contribution >= 0.6 is 0 Å². The van der Waals surface area contributed by atoms with Gasteiger partial charge in [0.15, 0.2) is 5.82 Å². The Kier molecular flexibility index (Phi) is 7.02. The fourth-order valence-corrected chi connectivity index (χ4v) is 4.79. The molecule has 3 heterocycles. The lowest BCUT2D eigenvalue weighted by molar-refractivity contribution is -0.137. The van der Waals surface area contributed by atoms with Crippen molar-refractivity contribution in [3.05, 3.63) is 11.7 Å². The molecule has 0 aromatic carbocycles. The van der Waals surface area contributed by atoms with Gasteiger partial charge in [0.2, 0.25) is 17.7 Å². The summed E-state index contributed by atoms with van der Waals surface area (Å²) in [6, 6.07) is 0. The van der Waals surface area contributed by atoms with E-state index in [1.807, 2.05) is 9.80 Å². The molecule has 4 rings (SSSR count). The Hall–Kier alpha value is -1.96. The van der Waals surface area contributed by atoms with Crippen molar-refractivity contribution in [2.75, 3.05) is 39.4 Å². The molecule has 2 aliphatic heterocycles. The van der Waals surface area contributed by atoms with Gasteiger partial charge in [-0.3, -0.25) is 9.59 Å². The monoisotopic (exact) mass is 418 g/mol. The van der Waals surface area contributed by atoms with Crippen LogP contribution in [0.3, 0.4) is 0 Å². The van der Waals surface area contributed by atoms with E-state index >= 15 is 0 Å². The summed E-state index contributed by atoms with van der Waals surface area (Å²) in [4.78, 5) is 32.2. The summed E-state index contributed by atoms with van der Waals surface area (Å²) in [5.41, 5.74) is 0. The van der Waals surface area contributed by atoms with Gasteiger partial charge in [0, 0.05) is 52.6 Å². The van der Waals surface area contributed by atoms with Crippen molar-refractivity contribution in [3.8, 4) is 0 Å². The van der Waals surface area contributed by atoms with Gasteiger partial charge < -0.3 is 19.1 Å². The highest BCUT2D eigenvalue weighted by molar-refractivity contribution is 5.77. The molecule has 166 valence electrons. The molecule has 1 aromatic rings. The Morgan fingerprint density at radius 1 is 1.07 bits per heavy atom. The molecule has 0 spiro atoms. The van der Waals surface area contributed by atoms with E-state index in [1.54, 1.807) is 6.92 Å². The molecular weight excluding hydrogens is 384 g/mol. The second-order valence-electron chi connectivity index (χ2n) is 9.17. The molecule has 0 atom stereocenters. The molecule has 1 aliphatic carbocycles. The molecule has 0 radical (unpaired) electrons. The molecule has 3 fully saturated rings. The van der Waals surface area contributed by atoms with Crippen LogP contribution in [0.1, 0.15) is 69.5 Å². The van der Waals surface area contributed by atoms with Crippen LogP contribution in [0, 0.1) is 11.8 Å². The summed E-state index contributed by atoms with van der Waals surface area (Å²) < 4.78 is 11.2. The van der Waals surface area contributed by atoms with E-state index in [9.17, 15) is 9.59 Å². The van der Waals surface area contributed by atoms with Gasteiger partial charge >= 0.3 is 0 Å². The van der Waals surface area contributed by atoms with Crippen LogP contribution in [0.15, 0.2) is 4.52 Å². The van der Waals surface area contributed by atoms with E-state index in [4.69, 9.17) is 9.26 Å². The van der Waals surface area contributed by atoms with Crippen LogP contribution in [0.25, 0.3) is 0 Å². The molecule has 30 heavy (non-hydrogen) atoms. The molecule has 3 aliphatic rings. The van der Waals surface area contributed by atoms with Crippen LogP contribution in [0.2, 0.25) is 0 Å². The van der Waals surface area contributed by atoms with Gasteiger partial charge in [-0.1, -0.05) is 18.0 Å². The number of carbonyl (C=O) groups is 2. The SMILES string of the molecule is CC(=O)N1CCC(CC(=O)N2CC(c3nc(CCOCC4CCCC4)no3)C2)CC1. The Balaban J connectivity index is 1.12. The predicted molar refractivity (Wildman–Crippen MR) is 110 cm³/mol. The standard InChI is InChI=1S/C22H34N4O4/c1-16(27)25-9-6-17(7-10-25)12-21(28)26-13-19(14-26)22-23-20(24-30-22)8-11-29-15-18-4-2-3-5-18/h17-19H,2-15H2,1H3. The number of nitrogens with zero attached hydrogens (tertiary/aromatic N) is 4. The van der Waals surface area contributed by atoms with Crippen LogP contribution < -0.4 is 0 Å². The molecule has 1 saturated carbocycles. The number of carbonyl (C=O) groups excluding carboxylic acids is 2. The second-order valence-corrected chi connectivity index (χ2v) is 9.17. The average molecular weight is 419 g/mol. The van der Waals surface area contributed by atoms with Gasteiger partial charge in [-0.2, -0.15) is 4.98 Å². The average Bonchev–Trinajstić information content (AvgIpc) is 3.37. The van der Waals surface area contributed by atoms with Crippen LogP contribution in [0.4, 0.5) is 0 Å². The number of aromatic nitrogens is 2. The fraction of sp³-hybridized carbons (Fsp3) is 0.818. The lowest BCUT2D eigenvalue weighted by Gasteiger charge is -2.39. The summed E-state index contributed by atoms with van der Waals surface area (Å²) in [6.45, 7) is 5.94. The predicted octanol–water partition coefficient (Wildman–Crippen LogP) is 2.39. The van der Waals surface area contributed by atoms with Gasteiger partial charge in [0.25, 0.3) is 0 Å². The maximum Gasteiger partial charge on any atom is 0.233 e. The van der Waals surface area contributed by atoms with Crippen molar-refractivity contribution >= 4 is 11.8 Å². The minimum Gasteiger partial charge on any atom is -0.381 e. The van der Waals surface area contributed by atoms with Crippen LogP contribution in [-0.2, 0) is 20.7 Å². The summed E-state index contributed by atoms with van der Waals surface area (Å²) in [5, 5.41) is 4.07. The van der Waals surface area contributed by atoms with E-state index in [0.717, 1.165) is 38.5 Å². The topological polar surface area (TPSA) is 88.8 Å². The van der Waals surface area contributed by atoms with E-state index < -0.39 is 0 Å². The number of hydrogen-bond acceptors (Lipinski definition) is 6. The van der Waals surface area contributed by atoms with Gasteiger partial charge in [-0.25, -0.2) is 0 Å². The molecule has 0 bridgehead atoms. The summed E-state index contributed by atoms with van der Waals surface area (Å²) in [7, 11) is 0. The molecular formula is C22H34N4O4. The third kappa shape index (κ3) is 5.39. The fourth-order valence-electron chi connectivity index (χ4n) is 4.79. The van der Waals surface area contributed by atoms with Crippen LogP contribution in [0.5, 0.6) is 0 Å². The van der Waals surface area contributed by atoms with Gasteiger partial charge in [0.05, 0.1) is 12.5 Å². The lowest BCUT2D eigenvalue weighted by atomic mass is 9.91. The minimum atomic E-state index is 0.129. The Labute approximate surface area is 178 Å². The number of hydrogen-bond donors (Lipinski definition) is 0. The Morgan fingerprint density at radius 2 is 1.80 bits per heavy atom. The van der Waals surface area contributed by atoms with Gasteiger partial charge in [0.1, 0.15) is 0 Å². The zero-order valence-electron chi connectivity index (χ0n) is 18.1. The highest BCUT2D eigenvalue weighted by Crippen LogP contribution is 2.29.